The summed E-state index contributed by atoms with van der Waals surface area (Å²) in [6.07, 6.45) is 0.618. The molecule has 3 rings (SSSR count). The number of halogens is 1. The largest absolute Gasteiger partial charge is 0.373 e. The molecule has 1 fully saturated rings. The van der Waals surface area contributed by atoms with Crippen molar-refractivity contribution in [1.82, 2.24) is 15.5 Å². The van der Waals surface area contributed by atoms with Crippen LogP contribution >= 0.6 is 35.3 Å². The van der Waals surface area contributed by atoms with E-state index < -0.39 is 0 Å². The van der Waals surface area contributed by atoms with Crippen LogP contribution in [0.5, 0.6) is 0 Å². The number of thiophene rings is 1. The van der Waals surface area contributed by atoms with E-state index >= 15 is 0 Å². The number of benzene rings is 1. The second kappa shape index (κ2) is 12.5. The molecular formula is C22H33IN4OS. The molecule has 0 aliphatic carbocycles. The average molecular weight is 529 g/mol. The Hall–Kier alpha value is -1.16. The maximum Gasteiger partial charge on any atom is 0.191 e. The summed E-state index contributed by atoms with van der Waals surface area (Å²) in [5.74, 6) is 0.858. The van der Waals surface area contributed by atoms with Crippen LogP contribution in [-0.4, -0.2) is 42.7 Å². The fraction of sp³-hybridized carbons (Fsp3) is 0.500. The summed E-state index contributed by atoms with van der Waals surface area (Å²) in [5, 5.41) is 8.81. The molecule has 0 amide bonds. The molecule has 2 atom stereocenters. The van der Waals surface area contributed by atoms with Gasteiger partial charge in [0.1, 0.15) is 0 Å². The van der Waals surface area contributed by atoms with Crippen molar-refractivity contribution in [2.24, 2.45) is 4.99 Å². The molecule has 160 valence electrons. The van der Waals surface area contributed by atoms with E-state index in [2.05, 4.69) is 78.1 Å². The van der Waals surface area contributed by atoms with Gasteiger partial charge in [-0.1, -0.05) is 30.3 Å². The minimum absolute atomic E-state index is 0. The molecule has 5 nitrogen and oxygen atoms in total. The Morgan fingerprint density at radius 1 is 1.10 bits per heavy atom. The van der Waals surface area contributed by atoms with Crippen molar-refractivity contribution in [1.29, 1.82) is 0 Å². The van der Waals surface area contributed by atoms with Crippen molar-refractivity contribution in [2.45, 2.75) is 52.6 Å². The second-order valence-corrected chi connectivity index (χ2v) is 8.43. The summed E-state index contributed by atoms with van der Waals surface area (Å²) < 4.78 is 5.82. The molecule has 2 unspecified atom stereocenters. The zero-order valence-corrected chi connectivity index (χ0v) is 20.7. The zero-order chi connectivity index (χ0) is 19.8. The van der Waals surface area contributed by atoms with Gasteiger partial charge in [-0.05, 0) is 43.3 Å². The Morgan fingerprint density at radius 3 is 2.41 bits per heavy atom. The number of nitrogens with zero attached hydrogens (tertiary/aromatic N) is 2. The van der Waals surface area contributed by atoms with E-state index in [1.165, 1.54) is 16.0 Å². The summed E-state index contributed by atoms with van der Waals surface area (Å²) >= 11 is 1.76. The first-order chi connectivity index (χ1) is 13.6. The van der Waals surface area contributed by atoms with Gasteiger partial charge in [-0.2, -0.15) is 0 Å². The number of guanidine groups is 1. The molecule has 2 heterocycles. The number of morpholine rings is 1. The molecule has 0 bridgehead atoms. The first-order valence-electron chi connectivity index (χ1n) is 10.1. The van der Waals surface area contributed by atoms with Gasteiger partial charge in [-0.25, -0.2) is 4.99 Å². The van der Waals surface area contributed by atoms with Gasteiger partial charge in [0.2, 0.25) is 0 Å². The van der Waals surface area contributed by atoms with Gasteiger partial charge in [0.15, 0.2) is 5.96 Å². The average Bonchev–Trinajstić information content (AvgIpc) is 3.18. The predicted octanol–water partition coefficient (Wildman–Crippen LogP) is 4.23. The molecule has 2 N–H and O–H groups in total. The normalized spacial score (nSPS) is 20.2. The fourth-order valence-electron chi connectivity index (χ4n) is 3.52. The van der Waals surface area contributed by atoms with Crippen molar-refractivity contribution in [3.8, 4) is 0 Å². The highest BCUT2D eigenvalue weighted by Gasteiger charge is 2.21. The molecule has 0 radical (unpaired) electrons. The maximum absolute atomic E-state index is 5.82. The van der Waals surface area contributed by atoms with Gasteiger partial charge in [0.25, 0.3) is 0 Å². The lowest BCUT2D eigenvalue weighted by molar-refractivity contribution is -0.0704. The van der Waals surface area contributed by atoms with E-state index in [0.717, 1.165) is 38.7 Å². The van der Waals surface area contributed by atoms with Gasteiger partial charge in [0, 0.05) is 31.1 Å². The third-order valence-electron chi connectivity index (χ3n) is 4.70. The minimum Gasteiger partial charge on any atom is -0.373 e. The van der Waals surface area contributed by atoms with Crippen LogP contribution < -0.4 is 10.6 Å². The highest BCUT2D eigenvalue weighted by Crippen LogP contribution is 2.15. The first-order valence-corrected chi connectivity index (χ1v) is 11.0. The molecule has 0 saturated carbocycles. The van der Waals surface area contributed by atoms with Gasteiger partial charge in [-0.3, -0.25) is 4.90 Å². The molecule has 1 aromatic heterocycles. The van der Waals surface area contributed by atoms with Crippen LogP contribution in [0.3, 0.4) is 0 Å². The topological polar surface area (TPSA) is 48.9 Å². The maximum atomic E-state index is 5.82. The number of hydrogen-bond acceptors (Lipinski definition) is 4. The molecule has 1 aliphatic heterocycles. The van der Waals surface area contributed by atoms with Crippen LogP contribution in [0, 0.1) is 0 Å². The van der Waals surface area contributed by atoms with Crippen LogP contribution in [0.4, 0.5) is 0 Å². The van der Waals surface area contributed by atoms with Gasteiger partial charge in [-0.15, -0.1) is 35.3 Å². The molecule has 2 aromatic rings. The van der Waals surface area contributed by atoms with E-state index in [9.17, 15) is 0 Å². The Morgan fingerprint density at radius 2 is 1.79 bits per heavy atom. The van der Waals surface area contributed by atoms with Gasteiger partial charge < -0.3 is 15.4 Å². The van der Waals surface area contributed by atoms with Crippen molar-refractivity contribution in [3.63, 3.8) is 0 Å². The highest BCUT2D eigenvalue weighted by molar-refractivity contribution is 14.0. The van der Waals surface area contributed by atoms with E-state index in [4.69, 9.17) is 9.73 Å². The lowest BCUT2D eigenvalue weighted by Gasteiger charge is -2.35. The predicted molar refractivity (Wildman–Crippen MR) is 133 cm³/mol. The minimum atomic E-state index is 0. The third-order valence-corrected chi connectivity index (χ3v) is 5.57. The zero-order valence-electron chi connectivity index (χ0n) is 17.6. The Kier molecular flexibility index (Phi) is 10.4. The van der Waals surface area contributed by atoms with Crippen LogP contribution in [-0.2, 0) is 24.4 Å². The fourth-order valence-corrected chi connectivity index (χ4v) is 4.16. The second-order valence-electron chi connectivity index (χ2n) is 7.40. The number of ether oxygens (including phenoxy) is 1. The lowest BCUT2D eigenvalue weighted by atomic mass is 10.1. The monoisotopic (exact) mass is 528 g/mol. The van der Waals surface area contributed by atoms with E-state index in [0.29, 0.717) is 18.8 Å². The molecule has 1 saturated heterocycles. The van der Waals surface area contributed by atoms with Crippen molar-refractivity contribution in [3.05, 3.63) is 57.8 Å². The van der Waals surface area contributed by atoms with Crippen molar-refractivity contribution < 1.29 is 4.74 Å². The summed E-state index contributed by atoms with van der Waals surface area (Å²) in [6.45, 7) is 11.7. The van der Waals surface area contributed by atoms with Crippen LogP contribution in [0.2, 0.25) is 0 Å². The molecule has 0 spiro atoms. The Bertz CT molecular complexity index is 726. The SMILES string of the molecule is CCNC(=NCc1ccc(CN2CC(C)OC(C)C2)cc1)NCc1cccs1.I. The molecular weight excluding hydrogens is 495 g/mol. The Balaban J connectivity index is 0.00000300. The van der Waals surface area contributed by atoms with Crippen molar-refractivity contribution in [2.75, 3.05) is 19.6 Å². The lowest BCUT2D eigenvalue weighted by Crippen LogP contribution is -2.44. The third kappa shape index (κ3) is 8.24. The quantitative estimate of drug-likeness (QED) is 0.321. The standard InChI is InChI=1S/C22H32N4OS.HI/c1-4-23-22(25-13-21-6-5-11-28-21)24-12-19-7-9-20(10-8-19)16-26-14-17(2)27-18(3)15-26;/h5-11,17-18H,4,12-16H2,1-3H3,(H2,23,24,25);1H. The molecule has 1 aromatic carbocycles. The number of hydrogen-bond donors (Lipinski definition) is 2. The smallest absolute Gasteiger partial charge is 0.191 e. The van der Waals surface area contributed by atoms with Crippen LogP contribution in [0.25, 0.3) is 0 Å². The van der Waals surface area contributed by atoms with Gasteiger partial charge >= 0.3 is 0 Å². The van der Waals surface area contributed by atoms with E-state index in [1.54, 1.807) is 11.3 Å². The van der Waals surface area contributed by atoms with E-state index in [-0.39, 0.29) is 24.0 Å². The van der Waals surface area contributed by atoms with Crippen molar-refractivity contribution >= 4 is 41.3 Å². The number of aliphatic imine (C=N–C) groups is 1. The summed E-state index contributed by atoms with van der Waals surface area (Å²) in [4.78, 5) is 8.50. The van der Waals surface area contributed by atoms with Crippen LogP contribution in [0.15, 0.2) is 46.8 Å². The summed E-state index contributed by atoms with van der Waals surface area (Å²) in [7, 11) is 0. The summed E-state index contributed by atoms with van der Waals surface area (Å²) in [6, 6.07) is 13.0. The number of nitrogens with one attached hydrogen (secondary N) is 2. The molecule has 29 heavy (non-hydrogen) atoms. The summed E-state index contributed by atoms with van der Waals surface area (Å²) in [5.41, 5.74) is 2.57. The number of rotatable bonds is 7. The van der Waals surface area contributed by atoms with Gasteiger partial charge in [0.05, 0.1) is 25.3 Å². The van der Waals surface area contributed by atoms with E-state index in [1.807, 2.05) is 0 Å². The molecule has 1 aliphatic rings. The first kappa shape index (κ1) is 24.1. The Labute approximate surface area is 196 Å². The molecule has 7 heteroatoms. The van der Waals surface area contributed by atoms with Crippen LogP contribution in [0.1, 0.15) is 36.8 Å². The highest BCUT2D eigenvalue weighted by atomic mass is 127.